The van der Waals surface area contributed by atoms with E-state index in [0.717, 1.165) is 59.3 Å². The third kappa shape index (κ3) is 17.5. The van der Waals surface area contributed by atoms with Crippen LogP contribution in [-0.4, -0.2) is 130 Å². The summed E-state index contributed by atoms with van der Waals surface area (Å²) in [5.74, 6) is 0. The van der Waals surface area contributed by atoms with Crippen LogP contribution in [0.3, 0.4) is 0 Å². The van der Waals surface area contributed by atoms with Gasteiger partial charge in [-0.2, -0.15) is 0 Å². The highest BCUT2D eigenvalue weighted by atomic mass is 31.1. The largest absolute Gasteiger partial charge is 0.384 e. The molecule has 0 rings (SSSR count). The highest BCUT2D eigenvalue weighted by molar-refractivity contribution is 7.58. The first kappa shape index (κ1) is 28.6. The number of hydrogen-bond acceptors (Lipinski definition) is 6. The van der Waals surface area contributed by atoms with Crippen LogP contribution in [-0.2, 0) is 23.7 Å². The molecule has 0 unspecified atom stereocenters. The molecule has 0 spiro atoms. The van der Waals surface area contributed by atoms with Crippen LogP contribution in [0.1, 0.15) is 6.92 Å². The number of nitrogens with zero attached hydrogens (tertiary/aromatic N) is 1. The van der Waals surface area contributed by atoms with E-state index < -0.39 is 0 Å². The van der Waals surface area contributed by atoms with Gasteiger partial charge in [-0.1, -0.05) is 0 Å². The minimum absolute atomic E-state index is 0.0355. The molecule has 0 amide bonds. The molecule has 0 aliphatic carbocycles. The van der Waals surface area contributed by atoms with Crippen LogP contribution in [0, 0.1) is 0 Å². The lowest BCUT2D eigenvalue weighted by atomic mass is 10.5. The van der Waals surface area contributed by atoms with Crippen molar-refractivity contribution in [3.63, 3.8) is 0 Å². The average molecular weight is 442 g/mol. The SMILES string of the molecule is CCOCCN(CCP(CCOC)CCOC)CCP(CCOC)CCOC. The molecule has 170 valence electrons. The Labute approximate surface area is 176 Å². The Morgan fingerprint density at radius 3 is 1.25 bits per heavy atom. The second kappa shape index (κ2) is 22.3. The van der Waals surface area contributed by atoms with Crippen molar-refractivity contribution in [3.05, 3.63) is 0 Å². The Kier molecular flexibility index (Phi) is 22.8. The van der Waals surface area contributed by atoms with Crippen molar-refractivity contribution >= 4 is 15.8 Å². The van der Waals surface area contributed by atoms with Crippen LogP contribution < -0.4 is 0 Å². The molecule has 6 nitrogen and oxygen atoms in total. The van der Waals surface area contributed by atoms with E-state index in [4.69, 9.17) is 23.7 Å². The minimum Gasteiger partial charge on any atom is -0.384 e. The smallest absolute Gasteiger partial charge is 0.0593 e. The van der Waals surface area contributed by atoms with Crippen LogP contribution in [0.4, 0.5) is 0 Å². The standard InChI is InChI=1S/C20H45NO5P2/c1-6-26-10-7-21(8-15-27(17-11-22-2)18-12-23-3)9-16-28(19-13-24-4)20-14-25-5/h6-20H2,1-5H3. The second-order valence-corrected chi connectivity index (χ2v) is 12.1. The maximum Gasteiger partial charge on any atom is 0.0593 e. The molecule has 0 aliphatic heterocycles. The van der Waals surface area contributed by atoms with E-state index in [9.17, 15) is 0 Å². The molecule has 0 radical (unpaired) electrons. The lowest BCUT2D eigenvalue weighted by Gasteiger charge is -2.27. The van der Waals surface area contributed by atoms with Crippen molar-refractivity contribution in [2.75, 3.05) is 125 Å². The first-order valence-electron chi connectivity index (χ1n) is 10.4. The zero-order valence-electron chi connectivity index (χ0n) is 19.0. The van der Waals surface area contributed by atoms with Crippen molar-refractivity contribution in [2.45, 2.75) is 6.92 Å². The van der Waals surface area contributed by atoms with E-state index >= 15 is 0 Å². The van der Waals surface area contributed by atoms with E-state index in [1.165, 1.54) is 37.0 Å². The van der Waals surface area contributed by atoms with Crippen molar-refractivity contribution in [2.24, 2.45) is 0 Å². The van der Waals surface area contributed by atoms with Crippen LogP contribution in [0.5, 0.6) is 0 Å². The van der Waals surface area contributed by atoms with Crippen LogP contribution in [0.15, 0.2) is 0 Å². The van der Waals surface area contributed by atoms with Gasteiger partial charge in [0.2, 0.25) is 0 Å². The van der Waals surface area contributed by atoms with Gasteiger partial charge in [0.25, 0.3) is 0 Å². The molecule has 0 aliphatic rings. The normalized spacial score (nSPS) is 12.0. The average Bonchev–Trinajstić information content (AvgIpc) is 2.71. The number of hydrogen-bond donors (Lipinski definition) is 0. The highest BCUT2D eigenvalue weighted by Crippen LogP contribution is 2.36. The van der Waals surface area contributed by atoms with Crippen LogP contribution in [0.25, 0.3) is 0 Å². The Morgan fingerprint density at radius 2 is 0.929 bits per heavy atom. The predicted octanol–water partition coefficient (Wildman–Crippen LogP) is 2.87. The van der Waals surface area contributed by atoms with Crippen LogP contribution >= 0.6 is 15.8 Å². The molecule has 0 fully saturated rings. The summed E-state index contributed by atoms with van der Waals surface area (Å²) >= 11 is 0. The molecular formula is C20H45NO5P2. The van der Waals surface area contributed by atoms with Gasteiger partial charge in [0.15, 0.2) is 0 Å². The summed E-state index contributed by atoms with van der Waals surface area (Å²) in [5.41, 5.74) is 0. The quantitative estimate of drug-likeness (QED) is 0.190. The predicted molar refractivity (Wildman–Crippen MR) is 123 cm³/mol. The summed E-state index contributed by atoms with van der Waals surface area (Å²) in [7, 11) is 7.10. The monoisotopic (exact) mass is 441 g/mol. The zero-order chi connectivity index (χ0) is 20.9. The van der Waals surface area contributed by atoms with E-state index in [1.807, 2.05) is 0 Å². The third-order valence-corrected chi connectivity index (χ3v) is 9.59. The molecule has 0 aromatic rings. The van der Waals surface area contributed by atoms with Gasteiger partial charge in [-0.25, -0.2) is 0 Å². The van der Waals surface area contributed by atoms with Crippen molar-refractivity contribution in [1.82, 2.24) is 4.90 Å². The molecule has 0 atom stereocenters. The topological polar surface area (TPSA) is 49.4 Å². The molecule has 0 saturated carbocycles. The molecule has 0 aromatic carbocycles. The second-order valence-electron chi connectivity index (χ2n) is 6.69. The van der Waals surface area contributed by atoms with E-state index in [0.29, 0.717) is 0 Å². The Morgan fingerprint density at radius 1 is 0.536 bits per heavy atom. The minimum atomic E-state index is -0.0355. The molecule has 0 bridgehead atoms. The van der Waals surface area contributed by atoms with Crippen molar-refractivity contribution in [3.8, 4) is 0 Å². The molecule has 0 aromatic heterocycles. The van der Waals surface area contributed by atoms with E-state index in [-0.39, 0.29) is 15.8 Å². The van der Waals surface area contributed by atoms with Crippen LogP contribution in [0.2, 0.25) is 0 Å². The lowest BCUT2D eigenvalue weighted by Crippen LogP contribution is -2.33. The number of rotatable bonds is 22. The summed E-state index contributed by atoms with van der Waals surface area (Å²) in [6, 6.07) is 0. The van der Waals surface area contributed by atoms with Gasteiger partial charge in [-0.15, -0.1) is 15.8 Å². The van der Waals surface area contributed by atoms with Gasteiger partial charge in [-0.3, -0.25) is 0 Å². The third-order valence-electron chi connectivity index (χ3n) is 4.67. The van der Waals surface area contributed by atoms with Gasteiger partial charge in [0, 0.05) is 54.7 Å². The first-order chi connectivity index (χ1) is 13.7. The van der Waals surface area contributed by atoms with Gasteiger partial charge >= 0.3 is 0 Å². The van der Waals surface area contributed by atoms with Gasteiger partial charge in [0.1, 0.15) is 0 Å². The Balaban J connectivity index is 4.56. The summed E-state index contributed by atoms with van der Waals surface area (Å²) in [5, 5.41) is 0. The fourth-order valence-electron chi connectivity index (χ4n) is 2.79. The summed E-state index contributed by atoms with van der Waals surface area (Å²) in [6.07, 6.45) is 7.18. The highest BCUT2D eigenvalue weighted by Gasteiger charge is 2.14. The maximum atomic E-state index is 5.63. The number of ether oxygens (including phenoxy) is 5. The van der Waals surface area contributed by atoms with Gasteiger partial charge < -0.3 is 28.6 Å². The molecule has 8 heteroatoms. The first-order valence-corrected chi connectivity index (χ1v) is 14.2. The lowest BCUT2D eigenvalue weighted by molar-refractivity contribution is 0.118. The summed E-state index contributed by atoms with van der Waals surface area (Å²) in [6.45, 7) is 10.4. The molecule has 28 heavy (non-hydrogen) atoms. The summed E-state index contributed by atoms with van der Waals surface area (Å²) in [4.78, 5) is 2.60. The maximum absolute atomic E-state index is 5.63. The molecule has 0 N–H and O–H groups in total. The van der Waals surface area contributed by atoms with Gasteiger partial charge in [-0.05, 0) is 43.9 Å². The fourth-order valence-corrected chi connectivity index (χ4v) is 7.03. The van der Waals surface area contributed by atoms with Crippen molar-refractivity contribution in [1.29, 1.82) is 0 Å². The molecule has 0 heterocycles. The molecular weight excluding hydrogens is 396 g/mol. The fraction of sp³-hybridized carbons (Fsp3) is 1.00. The van der Waals surface area contributed by atoms with Gasteiger partial charge in [0.05, 0.1) is 33.0 Å². The van der Waals surface area contributed by atoms with E-state index in [1.54, 1.807) is 28.4 Å². The number of methoxy groups -OCH3 is 4. The Bertz CT molecular complexity index is 276. The molecule has 0 saturated heterocycles. The van der Waals surface area contributed by atoms with E-state index in [2.05, 4.69) is 11.8 Å². The van der Waals surface area contributed by atoms with Crippen molar-refractivity contribution < 1.29 is 23.7 Å². The zero-order valence-corrected chi connectivity index (χ0v) is 20.8. The Hall–Kier alpha value is 0.620. The summed E-state index contributed by atoms with van der Waals surface area (Å²) < 4.78 is 26.9.